The summed E-state index contributed by atoms with van der Waals surface area (Å²) in [4.78, 5) is 4.62. The van der Waals surface area contributed by atoms with Crippen LogP contribution in [0.1, 0.15) is 50.7 Å². The number of nitrogens with zero attached hydrogens (tertiary/aromatic N) is 1. The predicted octanol–water partition coefficient (Wildman–Crippen LogP) is 5.45. The Hall–Kier alpha value is -2.03. The van der Waals surface area contributed by atoms with E-state index in [4.69, 9.17) is 9.47 Å². The molecule has 3 heteroatoms. The van der Waals surface area contributed by atoms with Crippen molar-refractivity contribution in [1.82, 2.24) is 4.98 Å². The van der Waals surface area contributed by atoms with Crippen LogP contribution in [0.4, 0.5) is 0 Å². The molecular formula is C21H29NO2. The number of aromatic nitrogens is 1. The molecule has 0 saturated heterocycles. The first-order chi connectivity index (χ1) is 11.8. The molecule has 130 valence electrons. The molecule has 3 nitrogen and oxygen atoms in total. The molecule has 0 aliphatic rings. The zero-order chi connectivity index (χ0) is 17.4. The zero-order valence-electron chi connectivity index (χ0n) is 15.4. The molecule has 0 atom stereocenters. The van der Waals surface area contributed by atoms with Gasteiger partial charge in [0, 0.05) is 17.3 Å². The number of unbranched alkanes of at least 4 members (excludes halogenated alkanes) is 2. The van der Waals surface area contributed by atoms with E-state index in [1.54, 1.807) is 14.2 Å². The van der Waals surface area contributed by atoms with Gasteiger partial charge in [-0.15, -0.1) is 0 Å². The Bertz CT molecular complexity index is 638. The van der Waals surface area contributed by atoms with Gasteiger partial charge in [0.2, 0.25) is 0 Å². The van der Waals surface area contributed by atoms with Gasteiger partial charge >= 0.3 is 0 Å². The number of ether oxygens (including phenoxy) is 2. The quantitative estimate of drug-likeness (QED) is 0.613. The van der Waals surface area contributed by atoms with Crippen LogP contribution in [0.3, 0.4) is 0 Å². The maximum absolute atomic E-state index is 5.73. The minimum absolute atomic E-state index is 0.828. The average molecular weight is 327 g/mol. The van der Waals surface area contributed by atoms with Gasteiger partial charge in [-0.1, -0.05) is 32.8 Å². The molecule has 0 radical (unpaired) electrons. The number of methoxy groups -OCH3 is 2. The van der Waals surface area contributed by atoms with Crippen LogP contribution in [0, 0.1) is 0 Å². The number of aryl methyl sites for hydroxylation is 1. The topological polar surface area (TPSA) is 31.4 Å². The number of rotatable bonds is 9. The van der Waals surface area contributed by atoms with Crippen LogP contribution in [0.25, 0.3) is 11.3 Å². The van der Waals surface area contributed by atoms with Gasteiger partial charge in [0.1, 0.15) is 0 Å². The molecule has 0 N–H and O–H groups in total. The second-order valence-corrected chi connectivity index (χ2v) is 6.05. The minimum atomic E-state index is 0.828. The van der Waals surface area contributed by atoms with E-state index in [0.717, 1.165) is 49.3 Å². The highest BCUT2D eigenvalue weighted by Gasteiger charge is 2.20. The van der Waals surface area contributed by atoms with Crippen molar-refractivity contribution in [3.8, 4) is 22.8 Å². The molecule has 1 aromatic carbocycles. The van der Waals surface area contributed by atoms with E-state index in [-0.39, 0.29) is 0 Å². The maximum atomic E-state index is 5.73. The first-order valence-electron chi connectivity index (χ1n) is 8.94. The molecule has 1 heterocycles. The summed E-state index contributed by atoms with van der Waals surface area (Å²) in [6.07, 6.45) is 8.45. The third kappa shape index (κ3) is 4.08. The lowest BCUT2D eigenvalue weighted by Crippen LogP contribution is -2.04. The molecule has 2 rings (SSSR count). The van der Waals surface area contributed by atoms with E-state index in [2.05, 4.69) is 31.0 Å². The minimum Gasteiger partial charge on any atom is -0.493 e. The van der Waals surface area contributed by atoms with Crippen molar-refractivity contribution in [3.05, 3.63) is 41.6 Å². The number of hydrogen-bond donors (Lipinski definition) is 0. The van der Waals surface area contributed by atoms with Crippen LogP contribution in [0.15, 0.2) is 30.5 Å². The predicted molar refractivity (Wildman–Crippen MR) is 100 cm³/mol. The molecule has 2 aromatic rings. The highest BCUT2D eigenvalue weighted by molar-refractivity contribution is 5.74. The SMILES string of the molecule is CCCCc1cc(OC)c(OC)c(CCCC)c1-c1ccccn1. The second kappa shape index (κ2) is 9.31. The van der Waals surface area contributed by atoms with Gasteiger partial charge in [-0.2, -0.15) is 0 Å². The standard InChI is InChI=1S/C21H29NO2/c1-5-7-11-16-15-19(23-3)21(24-4)17(12-8-6-2)20(16)18-13-9-10-14-22-18/h9-10,13-15H,5-8,11-12H2,1-4H3. The lowest BCUT2D eigenvalue weighted by Gasteiger charge is -2.20. The molecule has 0 unspecified atom stereocenters. The molecule has 0 aliphatic carbocycles. The van der Waals surface area contributed by atoms with E-state index in [1.807, 2.05) is 18.3 Å². The Morgan fingerprint density at radius 2 is 1.71 bits per heavy atom. The van der Waals surface area contributed by atoms with Gasteiger partial charge in [0.05, 0.1) is 19.9 Å². The van der Waals surface area contributed by atoms with Crippen LogP contribution in [0.5, 0.6) is 11.5 Å². The lowest BCUT2D eigenvalue weighted by atomic mass is 9.90. The van der Waals surface area contributed by atoms with Gasteiger partial charge in [0.15, 0.2) is 11.5 Å². The van der Waals surface area contributed by atoms with Crippen molar-refractivity contribution in [3.63, 3.8) is 0 Å². The van der Waals surface area contributed by atoms with Crippen molar-refractivity contribution < 1.29 is 9.47 Å². The van der Waals surface area contributed by atoms with Crippen LogP contribution < -0.4 is 9.47 Å². The monoisotopic (exact) mass is 327 g/mol. The Morgan fingerprint density at radius 3 is 2.29 bits per heavy atom. The summed E-state index contributed by atoms with van der Waals surface area (Å²) in [5.74, 6) is 1.68. The molecule has 0 saturated carbocycles. The molecule has 1 aromatic heterocycles. The Kier molecular flexibility index (Phi) is 7.10. The molecule has 0 fully saturated rings. The van der Waals surface area contributed by atoms with Crippen LogP contribution >= 0.6 is 0 Å². The van der Waals surface area contributed by atoms with Crippen LogP contribution in [-0.2, 0) is 12.8 Å². The Morgan fingerprint density at radius 1 is 0.958 bits per heavy atom. The zero-order valence-corrected chi connectivity index (χ0v) is 15.4. The van der Waals surface area contributed by atoms with Crippen molar-refractivity contribution in [2.75, 3.05) is 14.2 Å². The largest absolute Gasteiger partial charge is 0.493 e. The van der Waals surface area contributed by atoms with E-state index in [9.17, 15) is 0 Å². The van der Waals surface area contributed by atoms with Crippen molar-refractivity contribution in [2.45, 2.75) is 52.4 Å². The maximum Gasteiger partial charge on any atom is 0.164 e. The summed E-state index contributed by atoms with van der Waals surface area (Å²) in [5.41, 5.74) is 4.79. The van der Waals surface area contributed by atoms with Crippen LogP contribution in [0.2, 0.25) is 0 Å². The van der Waals surface area contributed by atoms with E-state index >= 15 is 0 Å². The molecule has 0 amide bonds. The van der Waals surface area contributed by atoms with Crippen molar-refractivity contribution in [1.29, 1.82) is 0 Å². The average Bonchev–Trinajstić information content (AvgIpc) is 2.64. The fourth-order valence-corrected chi connectivity index (χ4v) is 3.11. The van der Waals surface area contributed by atoms with E-state index < -0.39 is 0 Å². The first kappa shape index (κ1) is 18.3. The highest BCUT2D eigenvalue weighted by atomic mass is 16.5. The lowest BCUT2D eigenvalue weighted by molar-refractivity contribution is 0.351. The van der Waals surface area contributed by atoms with Crippen molar-refractivity contribution in [2.24, 2.45) is 0 Å². The summed E-state index contributed by atoms with van der Waals surface area (Å²) in [6, 6.07) is 8.23. The summed E-state index contributed by atoms with van der Waals surface area (Å²) in [6.45, 7) is 4.43. The summed E-state index contributed by atoms with van der Waals surface area (Å²) >= 11 is 0. The van der Waals surface area contributed by atoms with Gasteiger partial charge in [-0.05, 0) is 49.4 Å². The fraction of sp³-hybridized carbons (Fsp3) is 0.476. The summed E-state index contributed by atoms with van der Waals surface area (Å²) in [5, 5.41) is 0. The Balaban J connectivity index is 2.68. The molecule has 0 spiro atoms. The second-order valence-electron chi connectivity index (χ2n) is 6.05. The third-order valence-electron chi connectivity index (χ3n) is 4.35. The van der Waals surface area contributed by atoms with Gasteiger partial charge in [0.25, 0.3) is 0 Å². The van der Waals surface area contributed by atoms with Gasteiger partial charge < -0.3 is 9.47 Å². The van der Waals surface area contributed by atoms with Gasteiger partial charge in [-0.25, -0.2) is 0 Å². The number of pyridine rings is 1. The van der Waals surface area contributed by atoms with Crippen LogP contribution in [-0.4, -0.2) is 19.2 Å². The summed E-state index contributed by atoms with van der Waals surface area (Å²) < 4.78 is 11.4. The number of hydrogen-bond acceptors (Lipinski definition) is 3. The molecular weight excluding hydrogens is 298 g/mol. The van der Waals surface area contributed by atoms with E-state index in [1.165, 1.54) is 23.1 Å². The molecule has 0 aliphatic heterocycles. The fourth-order valence-electron chi connectivity index (χ4n) is 3.11. The Labute approximate surface area is 146 Å². The normalized spacial score (nSPS) is 10.7. The van der Waals surface area contributed by atoms with Gasteiger partial charge in [-0.3, -0.25) is 4.98 Å². The van der Waals surface area contributed by atoms with E-state index in [0.29, 0.717) is 0 Å². The highest BCUT2D eigenvalue weighted by Crippen LogP contribution is 2.41. The smallest absolute Gasteiger partial charge is 0.164 e. The summed E-state index contributed by atoms with van der Waals surface area (Å²) in [7, 11) is 3.44. The molecule has 24 heavy (non-hydrogen) atoms. The third-order valence-corrected chi connectivity index (χ3v) is 4.35. The molecule has 0 bridgehead atoms. The van der Waals surface area contributed by atoms with Crippen molar-refractivity contribution >= 4 is 0 Å². The number of benzene rings is 1. The first-order valence-corrected chi connectivity index (χ1v) is 8.94.